The zero-order valence-corrected chi connectivity index (χ0v) is 8.71. The minimum atomic E-state index is -0.00352. The lowest BCUT2D eigenvalue weighted by molar-refractivity contribution is 0.203. The second-order valence-corrected chi connectivity index (χ2v) is 3.05. The summed E-state index contributed by atoms with van der Waals surface area (Å²) in [6.07, 6.45) is 3.72. The Bertz CT molecular complexity index is 265. The second kappa shape index (κ2) is 5.32. The van der Waals surface area contributed by atoms with Gasteiger partial charge in [-0.3, -0.25) is 0 Å². The average Bonchev–Trinajstić information content (AvgIpc) is 2.69. The van der Waals surface area contributed by atoms with Crippen molar-refractivity contribution in [3.8, 4) is 0 Å². The van der Waals surface area contributed by atoms with E-state index in [1.54, 1.807) is 4.90 Å². The molecule has 0 saturated carbocycles. The van der Waals surface area contributed by atoms with Crippen molar-refractivity contribution in [2.45, 2.75) is 20.4 Å². The lowest BCUT2D eigenvalue weighted by Crippen LogP contribution is -2.39. The highest BCUT2D eigenvalue weighted by Gasteiger charge is 2.07. The number of nitrogens with zero attached hydrogens (tertiary/aromatic N) is 1. The minimum Gasteiger partial charge on any atom is -0.367 e. The molecule has 78 valence electrons. The number of aromatic amines is 1. The Balaban J connectivity index is 2.34. The van der Waals surface area contributed by atoms with Gasteiger partial charge >= 0.3 is 6.03 Å². The molecule has 0 spiro atoms. The van der Waals surface area contributed by atoms with Crippen LogP contribution in [0.5, 0.6) is 0 Å². The normalized spacial score (nSPS) is 9.86. The van der Waals surface area contributed by atoms with E-state index in [0.29, 0.717) is 6.54 Å². The Morgan fingerprint density at radius 2 is 2.21 bits per heavy atom. The number of rotatable bonds is 4. The number of carbonyl (C=O) groups is 1. The van der Waals surface area contributed by atoms with E-state index in [-0.39, 0.29) is 6.03 Å². The van der Waals surface area contributed by atoms with Crippen LogP contribution in [0.1, 0.15) is 19.4 Å². The van der Waals surface area contributed by atoms with E-state index >= 15 is 0 Å². The molecule has 0 aliphatic heterocycles. The quantitative estimate of drug-likeness (QED) is 0.752. The maximum absolute atomic E-state index is 11.5. The van der Waals surface area contributed by atoms with Crippen molar-refractivity contribution in [1.82, 2.24) is 15.2 Å². The maximum Gasteiger partial charge on any atom is 0.317 e. The van der Waals surface area contributed by atoms with Gasteiger partial charge in [-0.2, -0.15) is 0 Å². The summed E-state index contributed by atoms with van der Waals surface area (Å²) in [6.45, 7) is 6.02. The zero-order chi connectivity index (χ0) is 10.4. The van der Waals surface area contributed by atoms with Crippen LogP contribution in [-0.4, -0.2) is 29.0 Å². The number of aromatic nitrogens is 1. The summed E-state index contributed by atoms with van der Waals surface area (Å²) in [4.78, 5) is 16.2. The van der Waals surface area contributed by atoms with Gasteiger partial charge in [0.1, 0.15) is 0 Å². The average molecular weight is 195 g/mol. The number of urea groups is 1. The van der Waals surface area contributed by atoms with Gasteiger partial charge in [-0.25, -0.2) is 4.79 Å². The summed E-state index contributed by atoms with van der Waals surface area (Å²) in [6, 6.07) is 1.94. The largest absolute Gasteiger partial charge is 0.367 e. The first-order valence-electron chi connectivity index (χ1n) is 4.92. The number of amides is 2. The third kappa shape index (κ3) is 2.80. The van der Waals surface area contributed by atoms with Crippen LogP contribution in [0.25, 0.3) is 0 Å². The number of carbonyl (C=O) groups excluding carboxylic acids is 1. The molecule has 4 nitrogen and oxygen atoms in total. The molecule has 0 unspecified atom stereocenters. The molecule has 4 heteroatoms. The zero-order valence-electron chi connectivity index (χ0n) is 8.71. The molecular formula is C10H17N3O. The fourth-order valence-electron chi connectivity index (χ4n) is 1.27. The van der Waals surface area contributed by atoms with Gasteiger partial charge in [0.2, 0.25) is 0 Å². The predicted molar refractivity (Wildman–Crippen MR) is 55.9 cm³/mol. The summed E-state index contributed by atoms with van der Waals surface area (Å²) < 4.78 is 0. The van der Waals surface area contributed by atoms with Crippen LogP contribution in [0.15, 0.2) is 18.5 Å². The minimum absolute atomic E-state index is 0.00352. The van der Waals surface area contributed by atoms with Crippen molar-refractivity contribution in [2.24, 2.45) is 0 Å². The van der Waals surface area contributed by atoms with E-state index in [9.17, 15) is 4.79 Å². The van der Waals surface area contributed by atoms with E-state index in [1.807, 2.05) is 32.3 Å². The van der Waals surface area contributed by atoms with Gasteiger partial charge in [-0.05, 0) is 25.5 Å². The molecule has 2 amide bonds. The van der Waals surface area contributed by atoms with Gasteiger partial charge in [0.15, 0.2) is 0 Å². The molecule has 0 bridgehead atoms. The highest BCUT2D eigenvalue weighted by atomic mass is 16.2. The van der Waals surface area contributed by atoms with Gasteiger partial charge < -0.3 is 15.2 Å². The van der Waals surface area contributed by atoms with E-state index < -0.39 is 0 Å². The lowest BCUT2D eigenvalue weighted by Gasteiger charge is -2.18. The smallest absolute Gasteiger partial charge is 0.317 e. The van der Waals surface area contributed by atoms with E-state index in [2.05, 4.69) is 10.3 Å². The van der Waals surface area contributed by atoms with Crippen molar-refractivity contribution in [3.05, 3.63) is 24.0 Å². The molecule has 0 aliphatic rings. The summed E-state index contributed by atoms with van der Waals surface area (Å²) in [5.74, 6) is 0. The molecule has 0 atom stereocenters. The molecule has 1 heterocycles. The lowest BCUT2D eigenvalue weighted by atomic mass is 10.3. The van der Waals surface area contributed by atoms with Crippen molar-refractivity contribution in [2.75, 3.05) is 13.1 Å². The fourth-order valence-corrected chi connectivity index (χ4v) is 1.27. The molecule has 1 aromatic rings. The number of H-pyrrole nitrogens is 1. The number of hydrogen-bond donors (Lipinski definition) is 2. The summed E-state index contributed by atoms with van der Waals surface area (Å²) in [7, 11) is 0. The van der Waals surface area contributed by atoms with Crippen LogP contribution < -0.4 is 5.32 Å². The Labute approximate surface area is 84.3 Å². The van der Waals surface area contributed by atoms with Gasteiger partial charge in [-0.15, -0.1) is 0 Å². The first kappa shape index (κ1) is 10.6. The Morgan fingerprint density at radius 3 is 2.71 bits per heavy atom. The third-order valence-corrected chi connectivity index (χ3v) is 2.16. The van der Waals surface area contributed by atoms with Crippen LogP contribution in [0.4, 0.5) is 4.79 Å². The number of nitrogens with one attached hydrogen (secondary N) is 2. The molecule has 0 aliphatic carbocycles. The van der Waals surface area contributed by atoms with E-state index in [4.69, 9.17) is 0 Å². The van der Waals surface area contributed by atoms with Crippen LogP contribution in [0.2, 0.25) is 0 Å². The van der Waals surface area contributed by atoms with Gasteiger partial charge in [0.05, 0.1) is 0 Å². The second-order valence-electron chi connectivity index (χ2n) is 3.05. The van der Waals surface area contributed by atoms with Crippen molar-refractivity contribution < 1.29 is 4.79 Å². The molecule has 0 fully saturated rings. The van der Waals surface area contributed by atoms with Gasteiger partial charge in [0.25, 0.3) is 0 Å². The van der Waals surface area contributed by atoms with Gasteiger partial charge in [0, 0.05) is 32.0 Å². The van der Waals surface area contributed by atoms with Crippen LogP contribution >= 0.6 is 0 Å². The molecule has 0 radical (unpaired) electrons. The highest BCUT2D eigenvalue weighted by Crippen LogP contribution is 1.96. The van der Waals surface area contributed by atoms with Crippen LogP contribution in [0, 0.1) is 0 Å². The maximum atomic E-state index is 11.5. The molecule has 1 aromatic heterocycles. The molecular weight excluding hydrogens is 178 g/mol. The first-order valence-corrected chi connectivity index (χ1v) is 4.92. The Morgan fingerprint density at radius 1 is 1.50 bits per heavy atom. The molecule has 2 N–H and O–H groups in total. The summed E-state index contributed by atoms with van der Waals surface area (Å²) in [5, 5.41) is 2.85. The van der Waals surface area contributed by atoms with Gasteiger partial charge in [-0.1, -0.05) is 0 Å². The summed E-state index contributed by atoms with van der Waals surface area (Å²) in [5.41, 5.74) is 1.09. The monoisotopic (exact) mass is 195 g/mol. The number of hydrogen-bond acceptors (Lipinski definition) is 1. The first-order chi connectivity index (χ1) is 6.77. The van der Waals surface area contributed by atoms with Crippen LogP contribution in [-0.2, 0) is 6.54 Å². The highest BCUT2D eigenvalue weighted by molar-refractivity contribution is 5.74. The van der Waals surface area contributed by atoms with E-state index in [0.717, 1.165) is 18.7 Å². The Hall–Kier alpha value is -1.45. The molecule has 0 aromatic carbocycles. The third-order valence-electron chi connectivity index (χ3n) is 2.16. The topological polar surface area (TPSA) is 48.1 Å². The predicted octanol–water partition coefficient (Wildman–Crippen LogP) is 1.57. The van der Waals surface area contributed by atoms with E-state index in [1.165, 1.54) is 0 Å². The fraction of sp³-hybridized carbons (Fsp3) is 0.500. The molecule has 0 saturated heterocycles. The van der Waals surface area contributed by atoms with Crippen molar-refractivity contribution in [1.29, 1.82) is 0 Å². The van der Waals surface area contributed by atoms with Crippen molar-refractivity contribution in [3.63, 3.8) is 0 Å². The summed E-state index contributed by atoms with van der Waals surface area (Å²) >= 11 is 0. The van der Waals surface area contributed by atoms with Crippen molar-refractivity contribution >= 4 is 6.03 Å². The van der Waals surface area contributed by atoms with Crippen LogP contribution in [0.3, 0.4) is 0 Å². The Kier molecular flexibility index (Phi) is 4.04. The standard InChI is InChI=1S/C10H17N3O/c1-3-13(4-2)10(14)12-8-9-5-6-11-7-9/h5-7,11H,3-4,8H2,1-2H3,(H,12,14). The SMILES string of the molecule is CCN(CC)C(=O)NCc1cc[nH]c1. The molecule has 14 heavy (non-hydrogen) atoms. The molecule has 1 rings (SSSR count).